The minimum absolute atomic E-state index is 0.0552. The average Bonchev–Trinajstić information content (AvgIpc) is 2.35. The van der Waals surface area contributed by atoms with Crippen LogP contribution < -0.4 is 5.56 Å². The third-order valence-corrected chi connectivity index (χ3v) is 5.11. The van der Waals surface area contributed by atoms with Gasteiger partial charge in [-0.2, -0.15) is 0 Å². The van der Waals surface area contributed by atoms with Gasteiger partial charge in [0.15, 0.2) is 0 Å². The lowest BCUT2D eigenvalue weighted by Gasteiger charge is -2.38. The molecule has 1 heterocycles. The summed E-state index contributed by atoms with van der Waals surface area (Å²) in [4.78, 5) is 19.5. The summed E-state index contributed by atoms with van der Waals surface area (Å²) in [5.41, 5.74) is 0.331. The Morgan fingerprint density at radius 1 is 1.58 bits per heavy atom. The molecule has 1 saturated carbocycles. The maximum atomic E-state index is 12.0. The van der Waals surface area contributed by atoms with E-state index in [9.17, 15) is 4.79 Å². The first-order chi connectivity index (χ1) is 8.98. The standard InChI is InChI=1S/C14H21IN2O2/c1-4-19-14(7-5-6-9(2)8-14)13-16-10(3)11(15)12(18)17-13/h9H,4-8H2,1-3H3,(H,16,17,18). The summed E-state index contributed by atoms with van der Waals surface area (Å²) in [5.74, 6) is 1.31. The Bertz CT molecular complexity index is 511. The summed E-state index contributed by atoms with van der Waals surface area (Å²) >= 11 is 2.04. The van der Waals surface area contributed by atoms with Gasteiger partial charge in [0.2, 0.25) is 0 Å². The first-order valence-electron chi connectivity index (χ1n) is 6.89. The molecule has 2 rings (SSSR count). The summed E-state index contributed by atoms with van der Waals surface area (Å²) in [6.45, 7) is 6.76. The smallest absolute Gasteiger partial charge is 0.264 e. The molecule has 0 amide bonds. The van der Waals surface area contributed by atoms with Gasteiger partial charge in [0.05, 0.1) is 9.26 Å². The molecular formula is C14H21IN2O2. The SMILES string of the molecule is CCOC1(c2nc(C)c(I)c(=O)[nH]2)CCCC(C)C1. The van der Waals surface area contributed by atoms with Crippen molar-refractivity contribution < 1.29 is 4.74 Å². The molecule has 0 spiro atoms. The number of aromatic nitrogens is 2. The van der Waals surface area contributed by atoms with Gasteiger partial charge in [-0.15, -0.1) is 0 Å². The van der Waals surface area contributed by atoms with E-state index in [1.165, 1.54) is 6.42 Å². The summed E-state index contributed by atoms with van der Waals surface area (Å²) in [5, 5.41) is 0. The normalized spacial score (nSPS) is 27.5. The van der Waals surface area contributed by atoms with Crippen molar-refractivity contribution in [1.82, 2.24) is 9.97 Å². The predicted octanol–water partition coefficient (Wildman–Crippen LogP) is 3.12. The molecule has 1 aromatic heterocycles. The average molecular weight is 376 g/mol. The largest absolute Gasteiger partial charge is 0.367 e. The zero-order chi connectivity index (χ0) is 14.0. The molecular weight excluding hydrogens is 355 g/mol. The van der Waals surface area contributed by atoms with E-state index in [4.69, 9.17) is 4.74 Å². The van der Waals surface area contributed by atoms with E-state index in [0.29, 0.717) is 21.9 Å². The lowest BCUT2D eigenvalue weighted by molar-refractivity contribution is -0.0883. The number of rotatable bonds is 3. The molecule has 5 heteroatoms. The van der Waals surface area contributed by atoms with Crippen LogP contribution in [0, 0.1) is 16.4 Å². The molecule has 4 nitrogen and oxygen atoms in total. The van der Waals surface area contributed by atoms with Crippen molar-refractivity contribution in [2.45, 2.75) is 52.1 Å². The molecule has 1 N–H and O–H groups in total. The van der Waals surface area contributed by atoms with Crippen LogP contribution >= 0.6 is 22.6 Å². The fourth-order valence-corrected chi connectivity index (χ4v) is 3.24. The van der Waals surface area contributed by atoms with Crippen LogP contribution in [0.15, 0.2) is 4.79 Å². The third-order valence-electron chi connectivity index (χ3n) is 3.84. The van der Waals surface area contributed by atoms with Crippen LogP contribution in [0.5, 0.6) is 0 Å². The molecule has 1 aliphatic rings. The van der Waals surface area contributed by atoms with Crippen molar-refractivity contribution in [2.75, 3.05) is 6.61 Å². The molecule has 2 atom stereocenters. The number of H-pyrrole nitrogens is 1. The Labute approximate surface area is 127 Å². The van der Waals surface area contributed by atoms with Crippen molar-refractivity contribution in [1.29, 1.82) is 0 Å². The van der Waals surface area contributed by atoms with Crippen molar-refractivity contribution in [3.63, 3.8) is 0 Å². The van der Waals surface area contributed by atoms with Crippen molar-refractivity contribution in [3.05, 3.63) is 25.4 Å². The van der Waals surface area contributed by atoms with Gasteiger partial charge in [-0.3, -0.25) is 4.79 Å². The van der Waals surface area contributed by atoms with Crippen LogP contribution in [0.1, 0.15) is 51.0 Å². The fourth-order valence-electron chi connectivity index (χ4n) is 2.98. The Morgan fingerprint density at radius 3 is 2.89 bits per heavy atom. The lowest BCUT2D eigenvalue weighted by atomic mass is 9.78. The number of hydrogen-bond acceptors (Lipinski definition) is 3. The summed E-state index contributed by atoms with van der Waals surface area (Å²) in [6.07, 6.45) is 4.22. The van der Waals surface area contributed by atoms with Crippen LogP contribution in [0.2, 0.25) is 0 Å². The van der Waals surface area contributed by atoms with Crippen LogP contribution in [-0.2, 0) is 10.3 Å². The van der Waals surface area contributed by atoms with Crippen LogP contribution in [0.4, 0.5) is 0 Å². The van der Waals surface area contributed by atoms with E-state index in [-0.39, 0.29) is 5.56 Å². The van der Waals surface area contributed by atoms with Crippen molar-refractivity contribution >= 4 is 22.6 Å². The van der Waals surface area contributed by atoms with Gasteiger partial charge in [0.1, 0.15) is 11.4 Å². The molecule has 0 saturated heterocycles. The maximum absolute atomic E-state index is 12.0. The minimum Gasteiger partial charge on any atom is -0.367 e. The van der Waals surface area contributed by atoms with Crippen LogP contribution in [0.3, 0.4) is 0 Å². The monoisotopic (exact) mass is 376 g/mol. The number of hydrogen-bond donors (Lipinski definition) is 1. The van der Waals surface area contributed by atoms with Crippen molar-refractivity contribution in [2.24, 2.45) is 5.92 Å². The van der Waals surface area contributed by atoms with Gasteiger partial charge in [-0.1, -0.05) is 13.3 Å². The predicted molar refractivity (Wildman–Crippen MR) is 83.2 cm³/mol. The summed E-state index contributed by atoms with van der Waals surface area (Å²) < 4.78 is 6.71. The second-order valence-corrected chi connectivity index (χ2v) is 6.52. The van der Waals surface area contributed by atoms with E-state index in [1.54, 1.807) is 0 Å². The molecule has 0 bridgehead atoms. The molecule has 2 unspecified atom stereocenters. The molecule has 0 radical (unpaired) electrons. The molecule has 1 aliphatic carbocycles. The molecule has 106 valence electrons. The van der Waals surface area contributed by atoms with Gasteiger partial charge in [-0.05, 0) is 61.6 Å². The highest BCUT2D eigenvalue weighted by Gasteiger charge is 2.39. The Hall–Kier alpha value is -0.430. The van der Waals surface area contributed by atoms with E-state index in [1.807, 2.05) is 36.4 Å². The molecule has 1 fully saturated rings. The Kier molecular flexibility index (Phi) is 4.66. The molecule has 0 aliphatic heterocycles. The summed E-state index contributed by atoms with van der Waals surface area (Å²) in [7, 11) is 0. The summed E-state index contributed by atoms with van der Waals surface area (Å²) in [6, 6.07) is 0. The highest BCUT2D eigenvalue weighted by atomic mass is 127. The Morgan fingerprint density at radius 2 is 2.32 bits per heavy atom. The quantitative estimate of drug-likeness (QED) is 0.825. The van der Waals surface area contributed by atoms with Crippen LogP contribution in [0.25, 0.3) is 0 Å². The number of aryl methyl sites for hydroxylation is 1. The van der Waals surface area contributed by atoms with Gasteiger partial charge >= 0.3 is 0 Å². The molecule has 0 aromatic carbocycles. The van der Waals surface area contributed by atoms with E-state index < -0.39 is 5.60 Å². The lowest BCUT2D eigenvalue weighted by Crippen LogP contribution is -2.39. The number of aromatic amines is 1. The van der Waals surface area contributed by atoms with Gasteiger partial charge in [0, 0.05) is 6.61 Å². The minimum atomic E-state index is -0.402. The maximum Gasteiger partial charge on any atom is 0.264 e. The van der Waals surface area contributed by atoms with E-state index >= 15 is 0 Å². The van der Waals surface area contributed by atoms with Crippen molar-refractivity contribution in [3.8, 4) is 0 Å². The highest BCUT2D eigenvalue weighted by Crippen LogP contribution is 2.41. The van der Waals surface area contributed by atoms with E-state index in [0.717, 1.165) is 25.0 Å². The second-order valence-electron chi connectivity index (χ2n) is 5.44. The van der Waals surface area contributed by atoms with Gasteiger partial charge < -0.3 is 9.72 Å². The fraction of sp³-hybridized carbons (Fsp3) is 0.714. The molecule has 19 heavy (non-hydrogen) atoms. The zero-order valence-corrected chi connectivity index (χ0v) is 13.9. The van der Waals surface area contributed by atoms with Gasteiger partial charge in [-0.25, -0.2) is 4.98 Å². The third kappa shape index (κ3) is 3.02. The number of nitrogens with one attached hydrogen (secondary N) is 1. The Balaban J connectivity index is 2.47. The van der Waals surface area contributed by atoms with Crippen LogP contribution in [-0.4, -0.2) is 16.6 Å². The van der Waals surface area contributed by atoms with Gasteiger partial charge in [0.25, 0.3) is 5.56 Å². The number of nitrogens with zero attached hydrogens (tertiary/aromatic N) is 1. The molecule has 1 aromatic rings. The topological polar surface area (TPSA) is 55.0 Å². The van der Waals surface area contributed by atoms with E-state index in [2.05, 4.69) is 16.9 Å². The second kappa shape index (κ2) is 5.91. The number of halogens is 1. The first-order valence-corrected chi connectivity index (χ1v) is 7.97. The number of ether oxygens (including phenoxy) is 1. The highest BCUT2D eigenvalue weighted by molar-refractivity contribution is 14.1. The zero-order valence-electron chi connectivity index (χ0n) is 11.8. The first kappa shape index (κ1) is 15.0.